The van der Waals surface area contributed by atoms with Crippen molar-refractivity contribution in [1.82, 2.24) is 39.2 Å². The minimum absolute atomic E-state index is 0.563. The molecule has 0 unspecified atom stereocenters. The Morgan fingerprint density at radius 1 is 1.06 bits per heavy atom. The largest absolute Gasteiger partial charge is 0.322 e. The van der Waals surface area contributed by atoms with E-state index in [1.807, 2.05) is 52.4 Å². The second kappa shape index (κ2) is 8.87. The molecule has 0 spiro atoms. The first-order valence-electron chi connectivity index (χ1n) is 11.9. The quantitative estimate of drug-likeness (QED) is 0.385. The molecule has 5 aromatic heterocycles. The van der Waals surface area contributed by atoms with Gasteiger partial charge in [0, 0.05) is 43.1 Å². The van der Waals surface area contributed by atoms with Crippen molar-refractivity contribution < 1.29 is 0 Å². The van der Waals surface area contributed by atoms with E-state index in [0.29, 0.717) is 6.54 Å². The summed E-state index contributed by atoms with van der Waals surface area (Å²) in [4.78, 5) is 9.18. The van der Waals surface area contributed by atoms with E-state index < -0.39 is 0 Å². The number of nitrogens with zero attached hydrogens (tertiary/aromatic N) is 7. The number of pyridine rings is 2. The van der Waals surface area contributed by atoms with Gasteiger partial charge in [-0.1, -0.05) is 11.6 Å². The van der Waals surface area contributed by atoms with Gasteiger partial charge in [0.15, 0.2) is 0 Å². The van der Waals surface area contributed by atoms with Crippen LogP contribution in [0, 0.1) is 12.8 Å². The number of aromatic nitrogens is 7. The third kappa shape index (κ3) is 4.24. The van der Waals surface area contributed by atoms with Crippen molar-refractivity contribution in [3.05, 3.63) is 84.5 Å². The van der Waals surface area contributed by atoms with Crippen molar-refractivity contribution in [1.29, 1.82) is 0 Å². The smallest absolute Gasteiger partial charge is 0.137 e. The normalized spacial score (nSPS) is 14.0. The molecule has 0 aliphatic heterocycles. The first-order chi connectivity index (χ1) is 16.7. The summed E-state index contributed by atoms with van der Waals surface area (Å²) >= 11 is 0. The minimum atomic E-state index is 0.563. The zero-order valence-corrected chi connectivity index (χ0v) is 19.3. The Morgan fingerprint density at radius 3 is 2.76 bits per heavy atom. The van der Waals surface area contributed by atoms with Crippen LogP contribution in [-0.2, 0) is 13.1 Å². The molecule has 1 aliphatic rings. The number of hydrogen-bond donors (Lipinski definition) is 1. The highest BCUT2D eigenvalue weighted by molar-refractivity contribution is 5.59. The van der Waals surface area contributed by atoms with E-state index in [2.05, 4.69) is 56.5 Å². The zero-order valence-electron chi connectivity index (χ0n) is 19.3. The Bertz CT molecular complexity index is 1410. The van der Waals surface area contributed by atoms with Gasteiger partial charge in [-0.25, -0.2) is 9.67 Å². The lowest BCUT2D eigenvalue weighted by Crippen LogP contribution is -2.27. The number of imidazole rings is 1. The first-order valence-corrected chi connectivity index (χ1v) is 11.9. The monoisotopic (exact) mass is 452 g/mol. The summed E-state index contributed by atoms with van der Waals surface area (Å²) in [5.41, 5.74) is 7.21. The van der Waals surface area contributed by atoms with E-state index in [0.717, 1.165) is 47.3 Å². The number of hydrogen-bond acceptors (Lipinski definition) is 5. The van der Waals surface area contributed by atoms with E-state index in [-0.39, 0.29) is 0 Å². The number of nitrogens with one attached hydrogen (secondary N) is 1. The Hall–Kier alpha value is -3.78. The topological polar surface area (TPSA) is 77.9 Å². The van der Waals surface area contributed by atoms with Gasteiger partial charge in [-0.3, -0.25) is 4.98 Å². The molecule has 1 saturated carbocycles. The fourth-order valence-corrected chi connectivity index (χ4v) is 4.49. The van der Waals surface area contributed by atoms with Gasteiger partial charge in [0.2, 0.25) is 0 Å². The van der Waals surface area contributed by atoms with Crippen LogP contribution in [0.2, 0.25) is 0 Å². The average Bonchev–Trinajstić information content (AvgIpc) is 3.57. The molecule has 8 heteroatoms. The van der Waals surface area contributed by atoms with Crippen molar-refractivity contribution in [2.45, 2.75) is 39.3 Å². The Kier molecular flexibility index (Phi) is 5.43. The Labute approximate surface area is 198 Å². The van der Waals surface area contributed by atoms with Crippen LogP contribution < -0.4 is 5.32 Å². The molecule has 5 heterocycles. The van der Waals surface area contributed by atoms with Gasteiger partial charge in [0.05, 0.1) is 30.3 Å². The van der Waals surface area contributed by atoms with E-state index >= 15 is 0 Å². The zero-order chi connectivity index (χ0) is 22.9. The molecule has 172 valence electrons. The van der Waals surface area contributed by atoms with Crippen molar-refractivity contribution in [3.8, 4) is 16.9 Å². The maximum atomic E-state index is 4.81. The van der Waals surface area contributed by atoms with E-state index in [9.17, 15) is 0 Å². The molecule has 0 aromatic carbocycles. The fourth-order valence-electron chi connectivity index (χ4n) is 4.49. The highest BCUT2D eigenvalue weighted by Crippen LogP contribution is 2.25. The molecule has 0 radical (unpaired) electrons. The van der Waals surface area contributed by atoms with Crippen LogP contribution in [0.5, 0.6) is 0 Å². The lowest BCUT2D eigenvalue weighted by Gasteiger charge is -2.25. The predicted molar refractivity (Wildman–Crippen MR) is 131 cm³/mol. The summed E-state index contributed by atoms with van der Waals surface area (Å²) in [6.07, 6.45) is 18.0. The SMILES string of the molecule is Cc1cc2nc(Cn3cc(-c4cncc(-n5cccc5)c4)nn3)cn2cc1CNCC1CCC1. The molecule has 1 N–H and O–H groups in total. The maximum absolute atomic E-state index is 4.81. The number of rotatable bonds is 8. The molecule has 0 amide bonds. The third-order valence-electron chi connectivity index (χ3n) is 6.72. The fraction of sp³-hybridized carbons (Fsp3) is 0.308. The number of aryl methyl sites for hydroxylation is 1. The lowest BCUT2D eigenvalue weighted by atomic mass is 9.85. The van der Waals surface area contributed by atoms with Gasteiger partial charge in [-0.15, -0.1) is 5.10 Å². The second-order valence-corrected chi connectivity index (χ2v) is 9.23. The van der Waals surface area contributed by atoms with Gasteiger partial charge >= 0.3 is 0 Å². The van der Waals surface area contributed by atoms with Gasteiger partial charge in [-0.2, -0.15) is 0 Å². The van der Waals surface area contributed by atoms with Crippen LogP contribution in [0.15, 0.2) is 67.6 Å². The summed E-state index contributed by atoms with van der Waals surface area (Å²) in [6.45, 7) is 4.74. The van der Waals surface area contributed by atoms with Crippen molar-refractivity contribution in [3.63, 3.8) is 0 Å². The molecule has 34 heavy (non-hydrogen) atoms. The van der Waals surface area contributed by atoms with E-state index in [1.54, 1.807) is 0 Å². The lowest BCUT2D eigenvalue weighted by molar-refractivity contribution is 0.301. The summed E-state index contributed by atoms with van der Waals surface area (Å²) in [5, 5.41) is 12.3. The highest BCUT2D eigenvalue weighted by atomic mass is 15.4. The van der Waals surface area contributed by atoms with Gasteiger partial charge in [-0.05, 0) is 67.6 Å². The molecule has 6 rings (SSSR count). The Balaban J connectivity index is 1.17. The average molecular weight is 453 g/mol. The molecule has 8 nitrogen and oxygen atoms in total. The van der Waals surface area contributed by atoms with E-state index in [1.165, 1.54) is 30.4 Å². The molecule has 1 aliphatic carbocycles. The van der Waals surface area contributed by atoms with Crippen LogP contribution in [-0.4, -0.2) is 40.5 Å². The molecule has 0 bridgehead atoms. The molecule has 0 atom stereocenters. The van der Waals surface area contributed by atoms with Crippen LogP contribution >= 0.6 is 0 Å². The van der Waals surface area contributed by atoms with Crippen LogP contribution in [0.25, 0.3) is 22.6 Å². The molecular weight excluding hydrogens is 424 g/mol. The number of fused-ring (bicyclic) bond motifs is 1. The molecule has 1 fully saturated rings. The van der Waals surface area contributed by atoms with Crippen LogP contribution in [0.3, 0.4) is 0 Å². The van der Waals surface area contributed by atoms with Crippen LogP contribution in [0.1, 0.15) is 36.1 Å². The molecule has 0 saturated heterocycles. The predicted octanol–water partition coefficient (Wildman–Crippen LogP) is 4.02. The maximum Gasteiger partial charge on any atom is 0.137 e. The molecule has 5 aromatic rings. The summed E-state index contributed by atoms with van der Waals surface area (Å²) in [6, 6.07) is 8.22. The summed E-state index contributed by atoms with van der Waals surface area (Å²) < 4.78 is 5.97. The minimum Gasteiger partial charge on any atom is -0.322 e. The van der Waals surface area contributed by atoms with Crippen molar-refractivity contribution in [2.75, 3.05) is 6.54 Å². The van der Waals surface area contributed by atoms with Gasteiger partial charge in [0.25, 0.3) is 0 Å². The second-order valence-electron chi connectivity index (χ2n) is 9.23. The van der Waals surface area contributed by atoms with E-state index in [4.69, 9.17) is 4.98 Å². The van der Waals surface area contributed by atoms with Crippen molar-refractivity contribution >= 4 is 5.65 Å². The third-order valence-corrected chi connectivity index (χ3v) is 6.72. The van der Waals surface area contributed by atoms with Gasteiger partial charge in [0.1, 0.15) is 11.3 Å². The van der Waals surface area contributed by atoms with Gasteiger partial charge < -0.3 is 14.3 Å². The highest BCUT2D eigenvalue weighted by Gasteiger charge is 2.16. The standard InChI is InChI=1S/C26H28N8/c1-19-9-26-29-23(16-33(26)15-22(19)13-27-11-20-5-4-6-20)17-34-18-25(30-31-34)21-10-24(14-28-12-21)32-7-2-3-8-32/h2-3,7-10,12,14-16,18,20,27H,4-6,11,13,17H2,1H3. The summed E-state index contributed by atoms with van der Waals surface area (Å²) in [5.74, 6) is 0.864. The van der Waals surface area contributed by atoms with Crippen molar-refractivity contribution in [2.24, 2.45) is 5.92 Å². The first kappa shape index (κ1) is 20.8. The van der Waals surface area contributed by atoms with Crippen LogP contribution in [0.4, 0.5) is 0 Å². The Morgan fingerprint density at radius 2 is 1.94 bits per heavy atom. The molecular formula is C26H28N8. The summed E-state index contributed by atoms with van der Waals surface area (Å²) in [7, 11) is 0.